The van der Waals surface area contributed by atoms with Crippen LogP contribution in [-0.2, 0) is 12.4 Å². The van der Waals surface area contributed by atoms with E-state index in [-0.39, 0.29) is 12.4 Å². The van der Waals surface area contributed by atoms with Crippen LogP contribution in [0, 0.1) is 12.7 Å². The molecule has 1 aromatic heterocycles. The molecule has 4 aromatic rings. The van der Waals surface area contributed by atoms with Crippen LogP contribution in [0.15, 0.2) is 78.0 Å². The van der Waals surface area contributed by atoms with E-state index in [2.05, 4.69) is 10.2 Å². The fraction of sp³-hybridized carbons (Fsp3) is 0.167. The highest BCUT2D eigenvalue weighted by Gasteiger charge is 2.16. The van der Waals surface area contributed by atoms with Gasteiger partial charge in [-0.05, 0) is 54.4 Å². The lowest BCUT2D eigenvalue weighted by Crippen LogP contribution is -2.07. The number of halogens is 1. The van der Waals surface area contributed by atoms with Crippen LogP contribution in [0.5, 0.6) is 11.5 Å². The molecule has 0 radical (unpaired) electrons. The number of benzene rings is 3. The Balaban J connectivity index is 1.58. The summed E-state index contributed by atoms with van der Waals surface area (Å²) in [6.45, 7) is 2.24. The Labute approximate surface area is 184 Å². The highest BCUT2D eigenvalue weighted by atomic mass is 32.2. The number of hydrogen-bond donors (Lipinski definition) is 0. The summed E-state index contributed by atoms with van der Waals surface area (Å²) >= 11 is 1.54. The summed E-state index contributed by atoms with van der Waals surface area (Å²) in [4.78, 5) is 0. The van der Waals surface area contributed by atoms with E-state index in [0.717, 1.165) is 22.0 Å². The lowest BCUT2D eigenvalue weighted by atomic mass is 10.2. The van der Waals surface area contributed by atoms with Crippen molar-refractivity contribution in [3.63, 3.8) is 0 Å². The first-order chi connectivity index (χ1) is 15.1. The molecule has 0 spiro atoms. The zero-order valence-corrected chi connectivity index (χ0v) is 18.1. The average molecular weight is 436 g/mol. The molecule has 7 heteroatoms. The lowest BCUT2D eigenvalue weighted by molar-refractivity contribution is 0.274. The number of hydrogen-bond acceptors (Lipinski definition) is 5. The van der Waals surface area contributed by atoms with Gasteiger partial charge in [0.05, 0.1) is 7.11 Å². The minimum atomic E-state index is -0.243. The Morgan fingerprint density at radius 1 is 0.935 bits per heavy atom. The van der Waals surface area contributed by atoms with Gasteiger partial charge in [-0.15, -0.1) is 10.2 Å². The number of aryl methyl sites for hydroxylation is 1. The third-order valence-corrected chi connectivity index (χ3v) is 5.67. The maximum Gasteiger partial charge on any atom is 0.196 e. The van der Waals surface area contributed by atoms with Gasteiger partial charge in [0.15, 0.2) is 22.5 Å². The van der Waals surface area contributed by atoms with E-state index in [0.29, 0.717) is 23.1 Å². The van der Waals surface area contributed by atoms with Gasteiger partial charge in [0.25, 0.3) is 0 Å². The second-order valence-corrected chi connectivity index (χ2v) is 7.87. The fourth-order valence-electron chi connectivity index (χ4n) is 3.09. The minimum Gasteiger partial charge on any atom is -0.493 e. The monoisotopic (exact) mass is 435 g/mol. The van der Waals surface area contributed by atoms with Crippen molar-refractivity contribution in [2.75, 3.05) is 7.11 Å². The van der Waals surface area contributed by atoms with Crippen molar-refractivity contribution in [1.82, 2.24) is 14.8 Å². The second kappa shape index (κ2) is 9.66. The molecule has 0 amide bonds. The van der Waals surface area contributed by atoms with Crippen LogP contribution in [0.3, 0.4) is 0 Å². The number of nitrogens with zero attached hydrogens (tertiary/aromatic N) is 3. The number of rotatable bonds is 8. The van der Waals surface area contributed by atoms with E-state index in [9.17, 15) is 4.39 Å². The van der Waals surface area contributed by atoms with Crippen LogP contribution in [0.25, 0.3) is 5.69 Å². The topological polar surface area (TPSA) is 49.2 Å². The van der Waals surface area contributed by atoms with Crippen LogP contribution < -0.4 is 9.47 Å². The van der Waals surface area contributed by atoms with Crippen LogP contribution >= 0.6 is 11.8 Å². The van der Waals surface area contributed by atoms with E-state index in [1.54, 1.807) is 19.2 Å². The van der Waals surface area contributed by atoms with Crippen molar-refractivity contribution in [3.8, 4) is 17.2 Å². The van der Waals surface area contributed by atoms with Crippen LogP contribution in [0.2, 0.25) is 0 Å². The van der Waals surface area contributed by atoms with Gasteiger partial charge >= 0.3 is 0 Å². The maximum absolute atomic E-state index is 13.2. The third kappa shape index (κ3) is 5.06. The van der Waals surface area contributed by atoms with Crippen LogP contribution in [0.4, 0.5) is 4.39 Å². The van der Waals surface area contributed by atoms with Gasteiger partial charge < -0.3 is 9.47 Å². The predicted molar refractivity (Wildman–Crippen MR) is 119 cm³/mol. The third-order valence-electron chi connectivity index (χ3n) is 4.67. The molecule has 5 nitrogen and oxygen atoms in total. The molecule has 0 aliphatic rings. The summed E-state index contributed by atoms with van der Waals surface area (Å²) < 4.78 is 26.6. The molecule has 158 valence electrons. The Morgan fingerprint density at radius 3 is 2.45 bits per heavy atom. The molecule has 4 rings (SSSR count). The normalized spacial score (nSPS) is 10.8. The van der Waals surface area contributed by atoms with Gasteiger partial charge in [-0.2, -0.15) is 0 Å². The molecule has 0 aliphatic carbocycles. The van der Waals surface area contributed by atoms with Crippen molar-refractivity contribution in [2.24, 2.45) is 0 Å². The van der Waals surface area contributed by atoms with Crippen molar-refractivity contribution >= 4 is 11.8 Å². The van der Waals surface area contributed by atoms with Crippen molar-refractivity contribution in [3.05, 3.63) is 95.6 Å². The molecular weight excluding hydrogens is 413 g/mol. The quantitative estimate of drug-likeness (QED) is 0.338. The van der Waals surface area contributed by atoms with Gasteiger partial charge in [0.2, 0.25) is 0 Å². The van der Waals surface area contributed by atoms with E-state index in [1.165, 1.54) is 23.9 Å². The Bertz CT molecular complexity index is 1150. The number of ether oxygens (including phenoxy) is 2. The summed E-state index contributed by atoms with van der Waals surface area (Å²) in [5, 5.41) is 9.50. The number of para-hydroxylation sites is 1. The zero-order valence-electron chi connectivity index (χ0n) is 17.3. The zero-order chi connectivity index (χ0) is 21.6. The van der Waals surface area contributed by atoms with Crippen LogP contribution in [-0.4, -0.2) is 21.9 Å². The molecule has 0 N–H and O–H groups in total. The van der Waals surface area contributed by atoms with Crippen molar-refractivity contribution in [2.45, 2.75) is 24.4 Å². The lowest BCUT2D eigenvalue weighted by Gasteiger charge is -2.13. The summed E-state index contributed by atoms with van der Waals surface area (Å²) in [6, 6.07) is 22.2. The van der Waals surface area contributed by atoms with Gasteiger partial charge in [-0.3, -0.25) is 4.57 Å². The Hall–Kier alpha value is -3.32. The molecule has 0 unspecified atom stereocenters. The minimum absolute atomic E-state index is 0.235. The first kappa shape index (κ1) is 20.9. The van der Waals surface area contributed by atoms with Gasteiger partial charge in [-0.25, -0.2) is 4.39 Å². The van der Waals surface area contributed by atoms with E-state index < -0.39 is 0 Å². The molecule has 31 heavy (non-hydrogen) atoms. The smallest absolute Gasteiger partial charge is 0.196 e. The summed E-state index contributed by atoms with van der Waals surface area (Å²) in [5.41, 5.74) is 3.05. The number of thioether (sulfide) groups is 1. The number of aromatic nitrogens is 3. The standard InChI is InChI=1S/C24H22FN3O2S/c1-17-8-13-21(22(14-17)29-2)30-15-23-26-27-24(28(23)20-6-4-3-5-7-20)31-16-18-9-11-19(25)12-10-18/h3-14H,15-16H2,1-2H3. The maximum atomic E-state index is 13.2. The van der Waals surface area contributed by atoms with Crippen molar-refractivity contribution < 1.29 is 13.9 Å². The van der Waals surface area contributed by atoms with Gasteiger partial charge in [0, 0.05) is 11.4 Å². The highest BCUT2D eigenvalue weighted by molar-refractivity contribution is 7.98. The SMILES string of the molecule is COc1cc(C)ccc1OCc1nnc(SCc2ccc(F)cc2)n1-c1ccccc1. The van der Waals surface area contributed by atoms with Crippen molar-refractivity contribution in [1.29, 1.82) is 0 Å². The predicted octanol–water partition coefficient (Wildman–Crippen LogP) is 5.59. The highest BCUT2D eigenvalue weighted by Crippen LogP contribution is 2.30. The second-order valence-electron chi connectivity index (χ2n) is 6.93. The molecule has 0 bridgehead atoms. The molecule has 0 fully saturated rings. The summed E-state index contributed by atoms with van der Waals surface area (Å²) in [5.74, 6) is 2.41. The van der Waals surface area contributed by atoms with E-state index in [1.807, 2.05) is 60.0 Å². The largest absolute Gasteiger partial charge is 0.493 e. The van der Waals surface area contributed by atoms with Crippen LogP contribution in [0.1, 0.15) is 17.0 Å². The Morgan fingerprint density at radius 2 is 1.71 bits per heavy atom. The van der Waals surface area contributed by atoms with E-state index >= 15 is 0 Å². The molecule has 0 saturated carbocycles. The van der Waals surface area contributed by atoms with Gasteiger partial charge in [0.1, 0.15) is 12.4 Å². The molecule has 0 atom stereocenters. The average Bonchev–Trinajstić information content (AvgIpc) is 3.21. The Kier molecular flexibility index (Phi) is 6.52. The molecule has 3 aromatic carbocycles. The number of methoxy groups -OCH3 is 1. The first-order valence-corrected chi connectivity index (χ1v) is 10.8. The molecular formula is C24H22FN3O2S. The van der Waals surface area contributed by atoms with Gasteiger partial charge in [-0.1, -0.05) is 48.2 Å². The fourth-order valence-corrected chi connectivity index (χ4v) is 4.02. The summed E-state index contributed by atoms with van der Waals surface area (Å²) in [6.07, 6.45) is 0. The first-order valence-electron chi connectivity index (χ1n) is 9.78. The molecule has 0 aliphatic heterocycles. The molecule has 1 heterocycles. The molecule has 0 saturated heterocycles. The van der Waals surface area contributed by atoms with E-state index in [4.69, 9.17) is 9.47 Å². The summed E-state index contributed by atoms with van der Waals surface area (Å²) in [7, 11) is 1.62.